The number of halogens is 1. The summed E-state index contributed by atoms with van der Waals surface area (Å²) in [6, 6.07) is 15.6. The van der Waals surface area contributed by atoms with Gasteiger partial charge in [-0.2, -0.15) is 0 Å². The van der Waals surface area contributed by atoms with Gasteiger partial charge in [-0.3, -0.25) is 4.79 Å². The summed E-state index contributed by atoms with van der Waals surface area (Å²) < 4.78 is 5.74. The molecule has 0 bridgehead atoms. The highest BCUT2D eigenvalue weighted by Gasteiger charge is 2.13. The van der Waals surface area contributed by atoms with Crippen LogP contribution in [0.3, 0.4) is 0 Å². The maximum atomic E-state index is 12.3. The third-order valence-electron chi connectivity index (χ3n) is 4.25. The fourth-order valence-electron chi connectivity index (χ4n) is 2.84. The van der Waals surface area contributed by atoms with Crippen LogP contribution in [0.2, 0.25) is 5.02 Å². The minimum atomic E-state index is -0.0487. The molecule has 3 aromatic rings. The number of rotatable bonds is 8. The van der Waals surface area contributed by atoms with Gasteiger partial charge in [0.15, 0.2) is 5.13 Å². The van der Waals surface area contributed by atoms with Gasteiger partial charge in [-0.15, -0.1) is 11.3 Å². The van der Waals surface area contributed by atoms with Crippen LogP contribution in [0.4, 0.5) is 5.13 Å². The van der Waals surface area contributed by atoms with Crippen molar-refractivity contribution in [1.82, 2.24) is 4.98 Å². The fourth-order valence-corrected chi connectivity index (χ4v) is 4.00. The highest BCUT2D eigenvalue weighted by atomic mass is 35.5. The van der Waals surface area contributed by atoms with Gasteiger partial charge in [-0.05, 0) is 43.5 Å². The number of carbonyl (C=O) groups excluding carboxylic acids is 1. The summed E-state index contributed by atoms with van der Waals surface area (Å²) in [6.07, 6.45) is 1.89. The zero-order valence-electron chi connectivity index (χ0n) is 16.0. The van der Waals surface area contributed by atoms with Crippen molar-refractivity contribution < 1.29 is 9.53 Å². The number of amides is 1. The molecule has 146 valence electrons. The summed E-state index contributed by atoms with van der Waals surface area (Å²) >= 11 is 7.48. The van der Waals surface area contributed by atoms with Crippen molar-refractivity contribution >= 4 is 34.0 Å². The number of ether oxygens (including phenoxy) is 1. The van der Waals surface area contributed by atoms with Crippen molar-refractivity contribution in [3.8, 4) is 17.0 Å². The van der Waals surface area contributed by atoms with Crippen LogP contribution in [0.15, 0.2) is 48.5 Å². The Kier molecular flexibility index (Phi) is 7.06. The van der Waals surface area contributed by atoms with Crippen LogP contribution >= 0.6 is 22.9 Å². The molecule has 0 radical (unpaired) electrons. The molecule has 0 spiro atoms. The van der Waals surface area contributed by atoms with Gasteiger partial charge in [0.2, 0.25) is 5.91 Å². The lowest BCUT2D eigenvalue weighted by Crippen LogP contribution is -2.12. The number of anilines is 1. The number of hydrogen-bond acceptors (Lipinski definition) is 4. The van der Waals surface area contributed by atoms with Gasteiger partial charge in [-0.1, -0.05) is 48.9 Å². The Balaban J connectivity index is 1.51. The van der Waals surface area contributed by atoms with E-state index in [4.69, 9.17) is 16.3 Å². The Hall–Kier alpha value is -2.37. The molecule has 6 heteroatoms. The molecule has 0 saturated heterocycles. The molecule has 0 aliphatic rings. The summed E-state index contributed by atoms with van der Waals surface area (Å²) in [7, 11) is 0. The SMILES string of the molecule is CCc1sc(NC(=O)CCCOc2ccc(Cl)cc2C)nc1-c1ccccc1. The van der Waals surface area contributed by atoms with Crippen LogP contribution in [0.1, 0.15) is 30.2 Å². The predicted octanol–water partition coefficient (Wildman–Crippen LogP) is 6.13. The maximum Gasteiger partial charge on any atom is 0.226 e. The van der Waals surface area contributed by atoms with Crippen LogP contribution < -0.4 is 10.1 Å². The lowest BCUT2D eigenvalue weighted by molar-refractivity contribution is -0.116. The molecule has 0 saturated carbocycles. The topological polar surface area (TPSA) is 51.2 Å². The van der Waals surface area contributed by atoms with Gasteiger partial charge in [0.25, 0.3) is 0 Å². The maximum absolute atomic E-state index is 12.3. The second-order valence-electron chi connectivity index (χ2n) is 6.42. The van der Waals surface area contributed by atoms with Crippen molar-refractivity contribution in [1.29, 1.82) is 0 Å². The molecule has 4 nitrogen and oxygen atoms in total. The Bertz CT molecular complexity index is 941. The lowest BCUT2D eigenvalue weighted by atomic mass is 10.1. The standard InChI is InChI=1S/C22H23ClN2O2S/c1-3-19-21(16-8-5-4-6-9-16)25-22(28-19)24-20(26)10-7-13-27-18-12-11-17(23)14-15(18)2/h4-6,8-9,11-12,14H,3,7,10,13H2,1-2H3,(H,24,25,26). The van der Waals surface area contributed by atoms with Crippen LogP contribution in [-0.4, -0.2) is 17.5 Å². The van der Waals surface area contributed by atoms with Crippen molar-refractivity contribution in [2.24, 2.45) is 0 Å². The first-order valence-corrected chi connectivity index (χ1v) is 10.5. The molecule has 1 amide bonds. The van der Waals surface area contributed by atoms with Gasteiger partial charge in [0.05, 0.1) is 12.3 Å². The third-order valence-corrected chi connectivity index (χ3v) is 5.60. The number of thiazole rings is 1. The van der Waals surface area contributed by atoms with E-state index in [1.165, 1.54) is 16.2 Å². The van der Waals surface area contributed by atoms with Crippen molar-refractivity contribution in [2.45, 2.75) is 33.1 Å². The first kappa shape index (κ1) is 20.4. The van der Waals surface area contributed by atoms with E-state index in [2.05, 4.69) is 17.2 Å². The van der Waals surface area contributed by atoms with E-state index in [1.54, 1.807) is 6.07 Å². The number of benzene rings is 2. The Morgan fingerprint density at radius 1 is 1.21 bits per heavy atom. The van der Waals surface area contributed by atoms with Gasteiger partial charge in [-0.25, -0.2) is 4.98 Å². The molecule has 0 atom stereocenters. The van der Waals surface area contributed by atoms with Gasteiger partial charge in [0.1, 0.15) is 5.75 Å². The number of hydrogen-bond donors (Lipinski definition) is 1. The minimum absolute atomic E-state index is 0.0487. The highest BCUT2D eigenvalue weighted by molar-refractivity contribution is 7.16. The summed E-state index contributed by atoms with van der Waals surface area (Å²) in [5, 5.41) is 4.26. The van der Waals surface area contributed by atoms with E-state index >= 15 is 0 Å². The van der Waals surface area contributed by atoms with Crippen LogP contribution in [0.5, 0.6) is 5.75 Å². The average molecular weight is 415 g/mol. The molecular weight excluding hydrogens is 392 g/mol. The second kappa shape index (κ2) is 9.71. The highest BCUT2D eigenvalue weighted by Crippen LogP contribution is 2.31. The molecule has 0 unspecified atom stereocenters. The molecule has 3 rings (SSSR count). The van der Waals surface area contributed by atoms with E-state index in [0.717, 1.165) is 29.0 Å². The third kappa shape index (κ3) is 5.33. The monoisotopic (exact) mass is 414 g/mol. The Labute approximate surface area is 174 Å². The van der Waals surface area contributed by atoms with Gasteiger partial charge < -0.3 is 10.1 Å². The average Bonchev–Trinajstić information content (AvgIpc) is 3.10. The van der Waals surface area contributed by atoms with Crippen molar-refractivity contribution in [2.75, 3.05) is 11.9 Å². The summed E-state index contributed by atoms with van der Waals surface area (Å²) in [4.78, 5) is 18.1. The number of carbonyl (C=O) groups is 1. The summed E-state index contributed by atoms with van der Waals surface area (Å²) in [5.41, 5.74) is 3.01. The van der Waals surface area contributed by atoms with Crippen LogP contribution in [-0.2, 0) is 11.2 Å². The first-order valence-electron chi connectivity index (χ1n) is 9.30. The molecule has 1 aromatic heterocycles. The molecule has 0 fully saturated rings. The van der Waals surface area contributed by atoms with Crippen LogP contribution in [0, 0.1) is 6.92 Å². The van der Waals surface area contributed by atoms with E-state index < -0.39 is 0 Å². The van der Waals surface area contributed by atoms with Crippen molar-refractivity contribution in [3.05, 3.63) is 64.0 Å². The Morgan fingerprint density at radius 2 is 2.00 bits per heavy atom. The van der Waals surface area contributed by atoms with E-state index in [1.807, 2.05) is 49.4 Å². The summed E-state index contributed by atoms with van der Waals surface area (Å²) in [5.74, 6) is 0.747. The lowest BCUT2D eigenvalue weighted by Gasteiger charge is -2.09. The predicted molar refractivity (Wildman–Crippen MR) is 116 cm³/mol. The molecule has 0 aliphatic heterocycles. The number of aromatic nitrogens is 1. The van der Waals surface area contributed by atoms with Gasteiger partial charge >= 0.3 is 0 Å². The van der Waals surface area contributed by atoms with Crippen LogP contribution in [0.25, 0.3) is 11.3 Å². The second-order valence-corrected chi connectivity index (χ2v) is 7.94. The minimum Gasteiger partial charge on any atom is -0.493 e. The molecule has 1 heterocycles. The normalized spacial score (nSPS) is 10.7. The van der Waals surface area contributed by atoms with E-state index in [-0.39, 0.29) is 5.91 Å². The smallest absolute Gasteiger partial charge is 0.226 e. The molecule has 2 aromatic carbocycles. The molecule has 0 aliphatic carbocycles. The number of nitrogens with zero attached hydrogens (tertiary/aromatic N) is 1. The van der Waals surface area contributed by atoms with Gasteiger partial charge in [0, 0.05) is 21.9 Å². The largest absolute Gasteiger partial charge is 0.493 e. The Morgan fingerprint density at radius 3 is 2.71 bits per heavy atom. The molecule has 28 heavy (non-hydrogen) atoms. The number of nitrogens with one attached hydrogen (secondary N) is 1. The zero-order chi connectivity index (χ0) is 19.9. The summed E-state index contributed by atoms with van der Waals surface area (Å²) in [6.45, 7) is 4.52. The van der Waals surface area contributed by atoms with Crippen molar-refractivity contribution in [3.63, 3.8) is 0 Å². The van der Waals surface area contributed by atoms with E-state index in [0.29, 0.717) is 29.6 Å². The zero-order valence-corrected chi connectivity index (χ0v) is 17.6. The first-order chi connectivity index (χ1) is 13.6. The molecule has 1 N–H and O–H groups in total. The fraction of sp³-hybridized carbons (Fsp3) is 0.273. The quantitative estimate of drug-likeness (QED) is 0.451. The molecular formula is C22H23ClN2O2S. The number of aryl methyl sites for hydroxylation is 2. The van der Waals surface area contributed by atoms with E-state index in [9.17, 15) is 4.79 Å².